The lowest BCUT2D eigenvalue weighted by Gasteiger charge is -2.49. The lowest BCUT2D eigenvalue weighted by atomic mass is 9.68. The average Bonchev–Trinajstić information content (AvgIpc) is 2.66. The summed E-state index contributed by atoms with van der Waals surface area (Å²) < 4.78 is 0. The van der Waals surface area contributed by atoms with Crippen LogP contribution in [0.3, 0.4) is 0 Å². The Bertz CT molecular complexity index is 747. The van der Waals surface area contributed by atoms with Gasteiger partial charge in [0.1, 0.15) is 11.0 Å². The van der Waals surface area contributed by atoms with Gasteiger partial charge in [-0.25, -0.2) is 0 Å². The van der Waals surface area contributed by atoms with Crippen LogP contribution >= 0.6 is 23.2 Å². The van der Waals surface area contributed by atoms with E-state index in [4.69, 9.17) is 23.2 Å². The monoisotopic (exact) mass is 457 g/mol. The van der Waals surface area contributed by atoms with E-state index >= 15 is 0 Å². The molecule has 0 aromatic carbocycles. The number of allylic oxidation sites excluding steroid dienone is 4. The zero-order valence-electron chi connectivity index (χ0n) is 18.0. The average molecular weight is 458 g/mol. The number of carbonyl (C=O) groups excluding carboxylic acids is 2. The number of carbonyl (C=O) groups is 2. The molecule has 1 saturated carbocycles. The molecule has 5 atom stereocenters. The summed E-state index contributed by atoms with van der Waals surface area (Å²) in [4.78, 5) is 23.0. The molecule has 0 saturated heterocycles. The van der Waals surface area contributed by atoms with E-state index in [2.05, 4.69) is 25.2 Å². The number of fused-ring (bicyclic) bond motifs is 2. The molecule has 0 radical (unpaired) electrons. The first kappa shape index (κ1) is 25.1. The van der Waals surface area contributed by atoms with Gasteiger partial charge in [-0.15, -0.1) is 11.6 Å². The van der Waals surface area contributed by atoms with Crippen LogP contribution in [0.5, 0.6) is 0 Å². The number of unbranched alkanes of at least 4 members (excludes halogenated alkanes) is 3. The topological polar surface area (TPSA) is 86.6 Å². The third kappa shape index (κ3) is 6.19. The van der Waals surface area contributed by atoms with Gasteiger partial charge >= 0.3 is 0 Å². The Balaban J connectivity index is 1.96. The number of halogens is 2. The molecule has 168 valence electrons. The smallest absolute Gasteiger partial charge is 0.244 e. The number of aliphatic hydroxyl groups excluding tert-OH is 1. The first-order chi connectivity index (χ1) is 14.0. The van der Waals surface area contributed by atoms with Gasteiger partial charge in [-0.05, 0) is 25.3 Å². The number of Topliss-reactive ketones (excluding diaryl/α,β-unsaturated/α-hetero) is 1. The molecule has 5 nitrogen and oxygen atoms in total. The minimum absolute atomic E-state index is 0.0231. The SMILES string of the molecule is CCCCCC[C@@H](C)/C=C(C)/C=C/C(=O)N[C@H]1C[C@@]2(O)C=C(Cl)C(=O)[C@@](Cl)(C2)[C@@H]1O. The van der Waals surface area contributed by atoms with Gasteiger partial charge in [0.25, 0.3) is 0 Å². The van der Waals surface area contributed by atoms with E-state index in [-0.39, 0.29) is 17.9 Å². The van der Waals surface area contributed by atoms with Crippen LogP contribution in [0, 0.1) is 5.92 Å². The van der Waals surface area contributed by atoms with Gasteiger partial charge in [-0.3, -0.25) is 9.59 Å². The van der Waals surface area contributed by atoms with E-state index in [0.29, 0.717) is 5.92 Å². The van der Waals surface area contributed by atoms with E-state index in [1.165, 1.54) is 37.8 Å². The summed E-state index contributed by atoms with van der Waals surface area (Å²) in [6.07, 6.45) is 11.1. The van der Waals surface area contributed by atoms with Gasteiger partial charge in [0.05, 0.1) is 16.7 Å². The molecule has 2 bridgehead atoms. The van der Waals surface area contributed by atoms with E-state index < -0.39 is 34.3 Å². The van der Waals surface area contributed by atoms with Gasteiger partial charge in [-0.1, -0.05) is 68.9 Å². The van der Waals surface area contributed by atoms with Crippen molar-refractivity contribution in [2.75, 3.05) is 0 Å². The van der Waals surface area contributed by atoms with Gasteiger partial charge in [-0.2, -0.15) is 0 Å². The molecule has 0 aromatic heterocycles. The Hall–Kier alpha value is -1.14. The molecule has 2 rings (SSSR count). The highest BCUT2D eigenvalue weighted by atomic mass is 35.5. The Morgan fingerprint density at radius 3 is 2.73 bits per heavy atom. The van der Waals surface area contributed by atoms with Crippen molar-refractivity contribution in [3.05, 3.63) is 34.9 Å². The summed E-state index contributed by atoms with van der Waals surface area (Å²) >= 11 is 12.2. The highest BCUT2D eigenvalue weighted by molar-refractivity contribution is 6.51. The van der Waals surface area contributed by atoms with Crippen LogP contribution in [0.25, 0.3) is 0 Å². The number of hydrogen-bond donors (Lipinski definition) is 3. The van der Waals surface area contributed by atoms with Crippen LogP contribution in [0.4, 0.5) is 0 Å². The zero-order valence-corrected chi connectivity index (χ0v) is 19.5. The Labute approximate surface area is 189 Å². The molecule has 0 heterocycles. The maximum atomic E-state index is 12.4. The molecule has 0 unspecified atom stereocenters. The number of alkyl halides is 1. The molecule has 3 N–H and O–H groups in total. The Morgan fingerprint density at radius 1 is 1.37 bits per heavy atom. The standard InChI is InChI=1S/C23H33Cl2NO4/c1-4-5-6-7-8-15(2)11-16(3)9-10-19(27)26-18-13-22(30)12-17(24)20(28)23(25,14-22)21(18)29/h9-12,15,18,21,29-30H,4-8,13-14H2,1-3H3,(H,26,27)/b10-9+,16-11+/t15-,18+,21-,22+,23+/m1/s1. The highest BCUT2D eigenvalue weighted by Gasteiger charge is 2.59. The van der Waals surface area contributed by atoms with Crippen molar-refractivity contribution in [1.82, 2.24) is 5.32 Å². The van der Waals surface area contributed by atoms with Crippen molar-refractivity contribution >= 4 is 34.9 Å². The Morgan fingerprint density at radius 2 is 2.07 bits per heavy atom. The summed E-state index contributed by atoms with van der Waals surface area (Å²) in [5.41, 5.74) is -0.469. The number of nitrogens with one attached hydrogen (secondary N) is 1. The highest BCUT2D eigenvalue weighted by Crippen LogP contribution is 2.47. The molecule has 2 aliphatic carbocycles. The van der Waals surface area contributed by atoms with E-state index in [0.717, 1.165) is 12.0 Å². The van der Waals surface area contributed by atoms with Crippen molar-refractivity contribution in [3.8, 4) is 0 Å². The number of aliphatic hydroxyl groups is 2. The minimum Gasteiger partial charge on any atom is -0.389 e. The molecule has 0 spiro atoms. The number of hydrogen-bond acceptors (Lipinski definition) is 4. The van der Waals surface area contributed by atoms with Crippen molar-refractivity contribution in [1.29, 1.82) is 0 Å². The number of amides is 1. The van der Waals surface area contributed by atoms with Gasteiger partial charge in [0, 0.05) is 18.9 Å². The van der Waals surface area contributed by atoms with Gasteiger partial charge < -0.3 is 15.5 Å². The summed E-state index contributed by atoms with van der Waals surface area (Å²) in [6, 6.07) is -0.870. The molecular weight excluding hydrogens is 425 g/mol. The first-order valence-corrected chi connectivity index (χ1v) is 11.5. The second-order valence-corrected chi connectivity index (χ2v) is 9.88. The third-order valence-corrected chi connectivity index (χ3v) is 6.67. The molecule has 1 amide bonds. The van der Waals surface area contributed by atoms with Crippen LogP contribution in [0.2, 0.25) is 0 Å². The predicted octanol–water partition coefficient (Wildman–Crippen LogP) is 4.15. The fraction of sp³-hybridized carbons (Fsp3) is 0.652. The summed E-state index contributed by atoms with van der Waals surface area (Å²) in [6.45, 7) is 6.30. The van der Waals surface area contributed by atoms with E-state index in [1.54, 1.807) is 6.08 Å². The fourth-order valence-electron chi connectivity index (χ4n) is 4.31. The summed E-state index contributed by atoms with van der Waals surface area (Å²) in [5, 5.41) is 23.8. The van der Waals surface area contributed by atoms with Crippen molar-refractivity contribution < 1.29 is 19.8 Å². The van der Waals surface area contributed by atoms with E-state index in [9.17, 15) is 19.8 Å². The van der Waals surface area contributed by atoms with Crippen LogP contribution in [-0.2, 0) is 9.59 Å². The lowest BCUT2D eigenvalue weighted by molar-refractivity contribution is -0.132. The van der Waals surface area contributed by atoms with Crippen LogP contribution < -0.4 is 5.32 Å². The van der Waals surface area contributed by atoms with Crippen LogP contribution in [0.15, 0.2) is 34.9 Å². The maximum absolute atomic E-state index is 12.4. The second kappa shape index (κ2) is 10.4. The molecule has 0 aliphatic heterocycles. The maximum Gasteiger partial charge on any atom is 0.244 e. The fourth-order valence-corrected chi connectivity index (χ4v) is 5.21. The minimum atomic E-state index is -1.75. The van der Waals surface area contributed by atoms with Crippen LogP contribution in [-0.4, -0.2) is 44.5 Å². The normalized spacial score (nSPS) is 32.8. The zero-order chi connectivity index (χ0) is 22.5. The van der Waals surface area contributed by atoms with Crippen molar-refractivity contribution in [2.45, 2.75) is 88.3 Å². The quantitative estimate of drug-likeness (QED) is 0.210. The molecule has 30 heavy (non-hydrogen) atoms. The molecule has 2 aliphatic rings. The second-order valence-electron chi connectivity index (χ2n) is 8.80. The number of rotatable bonds is 9. The third-order valence-electron chi connectivity index (χ3n) is 5.86. The Kier molecular flexibility index (Phi) is 8.75. The van der Waals surface area contributed by atoms with E-state index in [1.807, 2.05) is 6.92 Å². The number of ketones is 1. The summed E-state index contributed by atoms with van der Waals surface area (Å²) in [7, 11) is 0. The molecular formula is C23H33Cl2NO4. The van der Waals surface area contributed by atoms with Crippen molar-refractivity contribution in [2.24, 2.45) is 5.92 Å². The first-order valence-electron chi connectivity index (χ1n) is 10.7. The molecule has 0 aromatic rings. The largest absolute Gasteiger partial charge is 0.389 e. The van der Waals surface area contributed by atoms with Crippen molar-refractivity contribution in [3.63, 3.8) is 0 Å². The van der Waals surface area contributed by atoms with Gasteiger partial charge in [0.2, 0.25) is 5.91 Å². The van der Waals surface area contributed by atoms with Crippen LogP contribution in [0.1, 0.15) is 65.7 Å². The van der Waals surface area contributed by atoms with Gasteiger partial charge in [0.15, 0.2) is 5.78 Å². The molecule has 1 fully saturated rings. The lowest BCUT2D eigenvalue weighted by Crippen LogP contribution is -2.66. The summed E-state index contributed by atoms with van der Waals surface area (Å²) in [5.74, 6) is -0.625. The predicted molar refractivity (Wildman–Crippen MR) is 120 cm³/mol. The molecule has 7 heteroatoms.